The van der Waals surface area contributed by atoms with Crippen LogP contribution < -0.4 is 4.72 Å². The topological polar surface area (TPSA) is 96.0 Å². The highest BCUT2D eigenvalue weighted by Gasteiger charge is 2.43. The molecule has 0 saturated heterocycles. The molecule has 38 heavy (non-hydrogen) atoms. The number of alkyl halides is 3. The fraction of sp³-hybridized carbons (Fsp3) is 0.462. The van der Waals surface area contributed by atoms with Crippen molar-refractivity contribution in [3.05, 3.63) is 59.2 Å². The predicted molar refractivity (Wildman–Crippen MR) is 135 cm³/mol. The van der Waals surface area contributed by atoms with E-state index in [0.717, 1.165) is 0 Å². The number of rotatable bonds is 7. The molecule has 8 nitrogen and oxygen atoms in total. The van der Waals surface area contributed by atoms with Gasteiger partial charge in [0, 0.05) is 19.1 Å². The van der Waals surface area contributed by atoms with Crippen LogP contribution in [-0.4, -0.2) is 49.0 Å². The molecule has 0 aliphatic carbocycles. The monoisotopic (exact) mass is 555 g/mol. The van der Waals surface area contributed by atoms with Crippen LogP contribution in [0.5, 0.6) is 0 Å². The Hall–Kier alpha value is -3.12. The molecule has 0 radical (unpaired) electrons. The van der Waals surface area contributed by atoms with Gasteiger partial charge in [-0.15, -0.1) is 5.06 Å². The standard InChI is InChI=1S/C26H32F3N3O5S/c1-17(2)32(37-24(34)25(3,4)5)16-20-8-6-7-9-22(20)30-38(35,36)21-11-10-19-15-31(13-12-18(19)14-21)23(33)26(27,28)29/h6-11,14,17,30H,12-13,15-16H2,1-5H3. The molecule has 1 heterocycles. The summed E-state index contributed by atoms with van der Waals surface area (Å²) >= 11 is 0. The number of hydrogen-bond acceptors (Lipinski definition) is 6. The van der Waals surface area contributed by atoms with E-state index in [-0.39, 0.29) is 37.0 Å². The van der Waals surface area contributed by atoms with Crippen molar-refractivity contribution in [2.24, 2.45) is 5.41 Å². The van der Waals surface area contributed by atoms with Gasteiger partial charge in [-0.1, -0.05) is 24.3 Å². The molecular formula is C26H32F3N3O5S. The zero-order chi connectivity index (χ0) is 28.5. The van der Waals surface area contributed by atoms with Crippen LogP contribution in [0, 0.1) is 5.41 Å². The maximum absolute atomic E-state index is 13.2. The van der Waals surface area contributed by atoms with Crippen LogP contribution in [0.3, 0.4) is 0 Å². The lowest BCUT2D eigenvalue weighted by molar-refractivity contribution is -0.212. The number of anilines is 1. The van der Waals surface area contributed by atoms with Crippen LogP contribution in [0.15, 0.2) is 47.4 Å². The van der Waals surface area contributed by atoms with Crippen molar-refractivity contribution in [3.63, 3.8) is 0 Å². The molecule has 1 aliphatic heterocycles. The van der Waals surface area contributed by atoms with Crippen molar-refractivity contribution in [1.29, 1.82) is 0 Å². The third-order valence-corrected chi connectivity index (χ3v) is 7.37. The molecule has 0 atom stereocenters. The van der Waals surface area contributed by atoms with Crippen molar-refractivity contribution in [3.8, 4) is 0 Å². The van der Waals surface area contributed by atoms with E-state index >= 15 is 0 Å². The molecule has 1 aliphatic rings. The molecule has 3 rings (SSSR count). The summed E-state index contributed by atoms with van der Waals surface area (Å²) in [5.41, 5.74) is 1.17. The van der Waals surface area contributed by atoms with Gasteiger partial charge in [-0.2, -0.15) is 13.2 Å². The summed E-state index contributed by atoms with van der Waals surface area (Å²) in [6, 6.07) is 10.7. The Balaban J connectivity index is 1.81. The summed E-state index contributed by atoms with van der Waals surface area (Å²) in [6.07, 6.45) is -4.87. The fourth-order valence-corrected chi connectivity index (χ4v) is 4.89. The lowest BCUT2D eigenvalue weighted by atomic mass is 9.98. The summed E-state index contributed by atoms with van der Waals surface area (Å²) in [6.45, 7) is 8.62. The van der Waals surface area contributed by atoms with E-state index in [1.54, 1.807) is 45.0 Å². The lowest BCUT2D eigenvalue weighted by Crippen LogP contribution is -2.43. The quantitative estimate of drug-likeness (QED) is 0.500. The summed E-state index contributed by atoms with van der Waals surface area (Å²) in [4.78, 5) is 30.3. The van der Waals surface area contributed by atoms with Crippen molar-refractivity contribution >= 4 is 27.6 Å². The number of para-hydroxylation sites is 1. The minimum atomic E-state index is -4.96. The Labute approximate surface area is 220 Å². The first-order valence-electron chi connectivity index (χ1n) is 12.1. The van der Waals surface area contributed by atoms with Gasteiger partial charge in [0.2, 0.25) is 0 Å². The molecule has 12 heteroatoms. The number of amides is 1. The molecule has 0 spiro atoms. The SMILES string of the molecule is CC(C)N(Cc1ccccc1NS(=O)(=O)c1ccc2c(c1)CCN(C(=O)C(F)(F)F)C2)OC(=O)C(C)(C)C. The number of nitrogens with zero attached hydrogens (tertiary/aromatic N) is 2. The van der Waals surface area contributed by atoms with Crippen molar-refractivity contribution in [2.75, 3.05) is 11.3 Å². The van der Waals surface area contributed by atoms with Crippen LogP contribution in [0.4, 0.5) is 18.9 Å². The van der Waals surface area contributed by atoms with Crippen LogP contribution in [-0.2, 0) is 44.0 Å². The highest BCUT2D eigenvalue weighted by Crippen LogP contribution is 2.28. The number of fused-ring (bicyclic) bond motifs is 1. The molecule has 0 aromatic heterocycles. The first-order chi connectivity index (χ1) is 17.5. The average Bonchev–Trinajstić information content (AvgIpc) is 2.82. The van der Waals surface area contributed by atoms with Crippen molar-refractivity contribution < 1.29 is 36.0 Å². The average molecular weight is 556 g/mol. The van der Waals surface area contributed by atoms with E-state index in [1.165, 1.54) is 23.3 Å². The second-order valence-corrected chi connectivity index (χ2v) is 12.1. The molecule has 2 aromatic carbocycles. The lowest BCUT2D eigenvalue weighted by Gasteiger charge is -2.30. The number of benzene rings is 2. The second kappa shape index (κ2) is 10.9. The Kier molecular flexibility index (Phi) is 8.47. The third-order valence-electron chi connectivity index (χ3n) is 6.01. The largest absolute Gasteiger partial charge is 0.471 e. The maximum atomic E-state index is 13.2. The van der Waals surface area contributed by atoms with E-state index in [9.17, 15) is 31.2 Å². The zero-order valence-corrected chi connectivity index (χ0v) is 22.7. The maximum Gasteiger partial charge on any atom is 0.471 e. The van der Waals surface area contributed by atoms with Crippen molar-refractivity contribution in [2.45, 2.75) is 71.2 Å². The van der Waals surface area contributed by atoms with Crippen LogP contribution in [0.2, 0.25) is 0 Å². The molecule has 208 valence electrons. The molecule has 1 amide bonds. The first-order valence-corrected chi connectivity index (χ1v) is 13.5. The highest BCUT2D eigenvalue weighted by molar-refractivity contribution is 7.92. The number of carbonyl (C=O) groups excluding carboxylic acids is 2. The summed E-state index contributed by atoms with van der Waals surface area (Å²) in [5.74, 6) is -2.34. The van der Waals surface area contributed by atoms with Gasteiger partial charge in [-0.05, 0) is 75.9 Å². The van der Waals surface area contributed by atoms with Gasteiger partial charge >= 0.3 is 18.1 Å². The van der Waals surface area contributed by atoms with Gasteiger partial charge in [0.15, 0.2) is 0 Å². The van der Waals surface area contributed by atoms with Crippen LogP contribution in [0.25, 0.3) is 0 Å². The first kappa shape index (κ1) is 29.4. The van der Waals surface area contributed by atoms with Gasteiger partial charge < -0.3 is 9.74 Å². The van der Waals surface area contributed by atoms with Gasteiger partial charge in [0.1, 0.15) is 0 Å². The van der Waals surface area contributed by atoms with Crippen molar-refractivity contribution in [1.82, 2.24) is 9.96 Å². The predicted octanol–water partition coefficient (Wildman–Crippen LogP) is 4.65. The van der Waals surface area contributed by atoms with E-state index in [4.69, 9.17) is 4.84 Å². The van der Waals surface area contributed by atoms with Gasteiger partial charge in [0.05, 0.1) is 22.5 Å². The van der Waals surface area contributed by atoms with E-state index < -0.39 is 33.5 Å². The highest BCUT2D eigenvalue weighted by atomic mass is 32.2. The minimum absolute atomic E-state index is 0.0541. The third kappa shape index (κ3) is 7.04. The molecule has 1 N–H and O–H groups in total. The molecule has 0 bridgehead atoms. The Morgan fingerprint density at radius 3 is 2.34 bits per heavy atom. The normalized spacial score (nSPS) is 14.4. The number of carbonyl (C=O) groups is 2. The van der Waals surface area contributed by atoms with Gasteiger partial charge in [-0.3, -0.25) is 9.52 Å². The molecule has 0 saturated carbocycles. The number of sulfonamides is 1. The van der Waals surface area contributed by atoms with Gasteiger partial charge in [0.25, 0.3) is 10.0 Å². The number of hydrogen-bond donors (Lipinski definition) is 1. The second-order valence-electron chi connectivity index (χ2n) is 10.5. The van der Waals surface area contributed by atoms with Crippen LogP contribution >= 0.6 is 0 Å². The van der Waals surface area contributed by atoms with E-state index in [0.29, 0.717) is 27.3 Å². The van der Waals surface area contributed by atoms with Crippen LogP contribution in [0.1, 0.15) is 51.3 Å². The van der Waals surface area contributed by atoms with Gasteiger partial charge in [-0.25, -0.2) is 13.2 Å². The summed E-state index contributed by atoms with van der Waals surface area (Å²) in [5, 5.41) is 1.48. The Morgan fingerprint density at radius 1 is 1.08 bits per heavy atom. The molecular weight excluding hydrogens is 523 g/mol. The number of nitrogens with one attached hydrogen (secondary N) is 1. The smallest absolute Gasteiger partial charge is 0.367 e. The number of halogens is 3. The Bertz CT molecular complexity index is 1300. The molecule has 0 fully saturated rings. The Morgan fingerprint density at radius 2 is 1.74 bits per heavy atom. The van der Waals surface area contributed by atoms with E-state index in [1.807, 2.05) is 13.8 Å². The zero-order valence-electron chi connectivity index (χ0n) is 21.9. The minimum Gasteiger partial charge on any atom is -0.367 e. The molecule has 0 unspecified atom stereocenters. The number of hydroxylamine groups is 2. The van der Waals surface area contributed by atoms with E-state index in [2.05, 4.69) is 4.72 Å². The summed E-state index contributed by atoms with van der Waals surface area (Å²) in [7, 11) is -4.06. The summed E-state index contributed by atoms with van der Waals surface area (Å²) < 4.78 is 67.5. The fourth-order valence-electron chi connectivity index (χ4n) is 3.74. The molecule has 2 aromatic rings.